The third-order valence-electron chi connectivity index (χ3n) is 4.54. The summed E-state index contributed by atoms with van der Waals surface area (Å²) in [5, 5.41) is 2.93. The largest absolute Gasteiger partial charge is 0.480 e. The van der Waals surface area contributed by atoms with E-state index in [0.717, 1.165) is 37.4 Å². The maximum Gasteiger partial charge on any atom is 0.261 e. The first-order chi connectivity index (χ1) is 14.1. The van der Waals surface area contributed by atoms with Crippen LogP contribution in [0.2, 0.25) is 0 Å². The van der Waals surface area contributed by atoms with E-state index in [2.05, 4.69) is 27.1 Å². The van der Waals surface area contributed by atoms with Crippen LogP contribution in [0.1, 0.15) is 45.0 Å². The van der Waals surface area contributed by atoms with Crippen LogP contribution in [-0.4, -0.2) is 56.1 Å². The van der Waals surface area contributed by atoms with Crippen molar-refractivity contribution >= 4 is 17.3 Å². The number of carbonyl (C=O) groups excluding carboxylic acids is 1. The number of nitrogens with zero attached hydrogens (tertiary/aromatic N) is 3. The van der Waals surface area contributed by atoms with E-state index >= 15 is 0 Å². The highest BCUT2D eigenvalue weighted by Crippen LogP contribution is 2.22. The number of carbonyl (C=O) groups is 1. The van der Waals surface area contributed by atoms with Crippen LogP contribution in [0, 0.1) is 6.92 Å². The van der Waals surface area contributed by atoms with Gasteiger partial charge in [-0.1, -0.05) is 27.7 Å². The molecule has 3 rings (SSSR count). The fraction of sp³-hybridized carbons (Fsp3) is 0.478. The summed E-state index contributed by atoms with van der Waals surface area (Å²) in [6, 6.07) is 9.77. The molecule has 0 spiro atoms. The van der Waals surface area contributed by atoms with Gasteiger partial charge in [-0.15, -0.1) is 0 Å². The number of aromatic nitrogens is 1. The second kappa shape index (κ2) is 12.8. The van der Waals surface area contributed by atoms with Crippen molar-refractivity contribution in [1.82, 2.24) is 9.88 Å². The van der Waals surface area contributed by atoms with E-state index in [1.54, 1.807) is 12.3 Å². The lowest BCUT2D eigenvalue weighted by Gasteiger charge is -2.34. The molecule has 1 saturated heterocycles. The molecule has 6 nitrogen and oxygen atoms in total. The maximum absolute atomic E-state index is 12.6. The molecule has 162 valence electrons. The van der Waals surface area contributed by atoms with E-state index in [-0.39, 0.29) is 7.33 Å². The van der Waals surface area contributed by atoms with Gasteiger partial charge in [0.15, 0.2) is 0 Å². The van der Waals surface area contributed by atoms with Gasteiger partial charge in [-0.05, 0) is 49.9 Å². The van der Waals surface area contributed by atoms with E-state index in [4.69, 9.17) is 4.74 Å². The van der Waals surface area contributed by atoms with Crippen molar-refractivity contribution in [3.05, 3.63) is 47.7 Å². The Bertz CT molecular complexity index is 745. The summed E-state index contributed by atoms with van der Waals surface area (Å²) in [4.78, 5) is 21.4. The summed E-state index contributed by atoms with van der Waals surface area (Å²) in [6.07, 6.45) is 1.63. The Morgan fingerprint density at radius 2 is 1.62 bits per heavy atom. The Hall–Kier alpha value is -2.60. The Kier molecular flexibility index (Phi) is 10.8. The number of methoxy groups -OCH3 is 1. The van der Waals surface area contributed by atoms with Gasteiger partial charge in [0.05, 0.1) is 7.11 Å². The Morgan fingerprint density at radius 1 is 1.03 bits per heavy atom. The van der Waals surface area contributed by atoms with Crippen LogP contribution in [-0.2, 0) is 0 Å². The monoisotopic (exact) mass is 402 g/mol. The number of likely N-dealkylation sites (N-methyl/N-ethyl adjacent to an activating group) is 1. The number of benzene rings is 1. The van der Waals surface area contributed by atoms with Gasteiger partial charge >= 0.3 is 0 Å². The van der Waals surface area contributed by atoms with E-state index in [9.17, 15) is 4.79 Å². The van der Waals surface area contributed by atoms with Crippen molar-refractivity contribution in [2.75, 3.05) is 50.6 Å². The highest BCUT2D eigenvalue weighted by atomic mass is 16.5. The van der Waals surface area contributed by atoms with E-state index in [0.29, 0.717) is 11.4 Å². The molecule has 0 atom stereocenters. The van der Waals surface area contributed by atoms with E-state index in [1.165, 1.54) is 12.8 Å². The first kappa shape index (κ1) is 24.4. The van der Waals surface area contributed by atoms with Gasteiger partial charge in [-0.3, -0.25) is 4.79 Å². The minimum Gasteiger partial charge on any atom is -0.480 e. The number of ether oxygens (including phenoxy) is 1. The molecule has 1 aliphatic rings. The van der Waals surface area contributed by atoms with Crippen LogP contribution in [0.25, 0.3) is 0 Å². The number of anilines is 2. The number of amides is 1. The van der Waals surface area contributed by atoms with Gasteiger partial charge in [-0.2, -0.15) is 0 Å². The van der Waals surface area contributed by atoms with Crippen molar-refractivity contribution < 1.29 is 11.0 Å². The van der Waals surface area contributed by atoms with E-state index < -0.39 is 0 Å². The molecule has 6 heteroatoms. The Labute approximate surface area is 177 Å². The number of nitrogens with one attached hydrogen (secondary N) is 1. The molecule has 1 amide bonds. The highest BCUT2D eigenvalue weighted by Gasteiger charge is 2.17. The molecule has 1 aliphatic heterocycles. The van der Waals surface area contributed by atoms with Gasteiger partial charge < -0.3 is 19.9 Å². The molecule has 0 unspecified atom stereocenters. The molecule has 2 aromatic rings. The molecular formula is C23H38N4O2. The average Bonchev–Trinajstić information content (AvgIpc) is 2.77. The van der Waals surface area contributed by atoms with Gasteiger partial charge in [0, 0.05) is 45.2 Å². The zero-order valence-electron chi connectivity index (χ0n) is 19.0. The lowest BCUT2D eigenvalue weighted by Crippen LogP contribution is -2.44. The topological polar surface area (TPSA) is 57.7 Å². The second-order valence-corrected chi connectivity index (χ2v) is 6.30. The van der Waals surface area contributed by atoms with Crippen LogP contribution >= 0.6 is 0 Å². The fourth-order valence-electron chi connectivity index (χ4n) is 2.98. The predicted octanol–water partition coefficient (Wildman–Crippen LogP) is 4.70. The van der Waals surface area contributed by atoms with Crippen molar-refractivity contribution in [3.8, 4) is 5.88 Å². The third-order valence-corrected chi connectivity index (χ3v) is 4.54. The van der Waals surface area contributed by atoms with Crippen molar-refractivity contribution in [1.29, 1.82) is 0 Å². The molecule has 29 heavy (non-hydrogen) atoms. The normalized spacial score (nSPS) is 13.4. The molecule has 1 aromatic heterocycles. The minimum atomic E-state index is -0.213. The first-order valence-electron chi connectivity index (χ1n) is 10.4. The molecule has 1 aromatic carbocycles. The lowest BCUT2D eigenvalue weighted by molar-refractivity contribution is 0.102. The molecule has 0 aliphatic carbocycles. The van der Waals surface area contributed by atoms with Crippen LogP contribution in [0.3, 0.4) is 0 Å². The van der Waals surface area contributed by atoms with Gasteiger partial charge in [-0.25, -0.2) is 4.98 Å². The van der Waals surface area contributed by atoms with E-state index in [1.807, 2.05) is 58.9 Å². The van der Waals surface area contributed by atoms with Gasteiger partial charge in [0.2, 0.25) is 5.88 Å². The molecule has 0 bridgehead atoms. The average molecular weight is 403 g/mol. The van der Waals surface area contributed by atoms with Crippen molar-refractivity contribution in [2.45, 2.75) is 34.6 Å². The summed E-state index contributed by atoms with van der Waals surface area (Å²) < 4.78 is 5.21. The number of hydrogen-bond donors (Lipinski definition) is 1. The zero-order chi connectivity index (χ0) is 21.8. The highest BCUT2D eigenvalue weighted by molar-refractivity contribution is 6.06. The number of hydrogen-bond acceptors (Lipinski definition) is 5. The van der Waals surface area contributed by atoms with Crippen molar-refractivity contribution in [2.24, 2.45) is 0 Å². The Balaban J connectivity index is 0.00000159. The number of aryl methyl sites for hydroxylation is 1. The van der Waals surface area contributed by atoms with Crippen LogP contribution in [0.5, 0.6) is 5.88 Å². The maximum atomic E-state index is 12.6. The molecule has 2 heterocycles. The molecule has 0 saturated carbocycles. The molecule has 0 radical (unpaired) electrons. The molecule has 1 fully saturated rings. The molecule has 1 N–H and O–H groups in total. The van der Waals surface area contributed by atoms with Crippen molar-refractivity contribution in [3.63, 3.8) is 0 Å². The first-order valence-corrected chi connectivity index (χ1v) is 10.4. The summed E-state index contributed by atoms with van der Waals surface area (Å²) in [5.74, 6) is 0.126. The minimum absolute atomic E-state index is 0. The second-order valence-electron chi connectivity index (χ2n) is 6.30. The zero-order valence-corrected chi connectivity index (χ0v) is 19.0. The summed E-state index contributed by atoms with van der Waals surface area (Å²) in [6.45, 7) is 14.1. The molecular weight excluding hydrogens is 364 g/mol. The smallest absolute Gasteiger partial charge is 0.261 e. The van der Waals surface area contributed by atoms with Crippen LogP contribution in [0.4, 0.5) is 11.4 Å². The number of pyridine rings is 1. The summed E-state index contributed by atoms with van der Waals surface area (Å²) in [5.41, 5.74) is 3.24. The van der Waals surface area contributed by atoms with Crippen LogP contribution in [0.15, 0.2) is 36.5 Å². The van der Waals surface area contributed by atoms with Gasteiger partial charge in [0.25, 0.3) is 5.91 Å². The van der Waals surface area contributed by atoms with Gasteiger partial charge in [0.1, 0.15) is 5.56 Å². The number of piperazine rings is 1. The fourth-order valence-corrected chi connectivity index (χ4v) is 2.98. The SMILES string of the molecule is CC.CC.COc1nccc(C)c1C(=O)Nc1ccc(N2CCN(C)CC2)cc1.[HH]. The summed E-state index contributed by atoms with van der Waals surface area (Å²) >= 11 is 0. The Morgan fingerprint density at radius 3 is 2.17 bits per heavy atom. The quantitative estimate of drug-likeness (QED) is 0.803. The lowest BCUT2D eigenvalue weighted by atomic mass is 10.1. The summed E-state index contributed by atoms with van der Waals surface area (Å²) in [7, 11) is 3.66. The number of rotatable bonds is 4. The predicted molar refractivity (Wildman–Crippen MR) is 124 cm³/mol. The standard InChI is InChI=1S/C19H24N4O2.2C2H6.H2/c1-14-8-9-20-19(25-3)17(14)18(24)21-15-4-6-16(7-5-15)23-12-10-22(2)11-13-23;2*1-2;/h4-9H,10-13H2,1-3H3,(H,21,24);2*1-2H3;1H. The third kappa shape index (κ3) is 6.75. The van der Waals surface area contributed by atoms with Crippen LogP contribution < -0.4 is 15.0 Å².